The molecular weight excluding hydrogens is 370 g/mol. The van der Waals surface area contributed by atoms with Crippen LogP contribution in [0.3, 0.4) is 0 Å². The maximum absolute atomic E-state index is 13.3. The summed E-state index contributed by atoms with van der Waals surface area (Å²) in [4.78, 5) is 30.0. The first kappa shape index (κ1) is 19.5. The highest BCUT2D eigenvalue weighted by Crippen LogP contribution is 2.35. The Labute approximate surface area is 171 Å². The quantitative estimate of drug-likeness (QED) is 0.791. The lowest BCUT2D eigenvalue weighted by molar-refractivity contribution is -0.151. The van der Waals surface area contributed by atoms with Crippen molar-refractivity contribution in [2.75, 3.05) is 19.0 Å². The van der Waals surface area contributed by atoms with Crippen LogP contribution in [0, 0.1) is 5.92 Å². The third kappa shape index (κ3) is 3.52. The second-order valence-corrected chi connectivity index (χ2v) is 8.20. The summed E-state index contributed by atoms with van der Waals surface area (Å²) in [6.45, 7) is 4.22. The van der Waals surface area contributed by atoms with E-state index in [2.05, 4.69) is 34.6 Å². The molecule has 156 valence electrons. The Hall–Kier alpha value is -2.77. The summed E-state index contributed by atoms with van der Waals surface area (Å²) in [5.41, 5.74) is 3.62. The number of hydrogen-bond donors (Lipinski definition) is 2. The summed E-state index contributed by atoms with van der Waals surface area (Å²) in [6, 6.07) is 7.50. The lowest BCUT2D eigenvalue weighted by atomic mass is 9.85. The molecule has 3 unspecified atom stereocenters. The number of ether oxygens (including phenoxy) is 1. The fourth-order valence-electron chi connectivity index (χ4n) is 4.73. The number of carbonyl (C=O) groups excluding carboxylic acids is 2. The number of fused-ring (bicyclic) bond motifs is 3. The Bertz CT molecular complexity index is 824. The van der Waals surface area contributed by atoms with Gasteiger partial charge in [-0.2, -0.15) is 5.10 Å². The fourth-order valence-corrected chi connectivity index (χ4v) is 4.73. The van der Waals surface area contributed by atoms with Crippen molar-refractivity contribution < 1.29 is 14.3 Å². The van der Waals surface area contributed by atoms with Gasteiger partial charge in [0.2, 0.25) is 5.91 Å². The molecule has 2 N–H and O–H groups in total. The lowest BCUT2D eigenvalue weighted by Gasteiger charge is -2.51. The lowest BCUT2D eigenvalue weighted by Crippen LogP contribution is -2.70. The maximum Gasteiger partial charge on any atom is 0.268 e. The van der Waals surface area contributed by atoms with Gasteiger partial charge in [0.1, 0.15) is 18.1 Å². The van der Waals surface area contributed by atoms with Crippen LogP contribution in [0.5, 0.6) is 5.75 Å². The molecule has 4 rings (SSSR count). The number of methoxy groups -OCH3 is 1. The molecule has 1 saturated heterocycles. The van der Waals surface area contributed by atoms with Gasteiger partial charge in [-0.3, -0.25) is 15.0 Å². The van der Waals surface area contributed by atoms with E-state index >= 15 is 0 Å². The highest BCUT2D eigenvalue weighted by Gasteiger charge is 2.51. The van der Waals surface area contributed by atoms with E-state index in [1.165, 1.54) is 0 Å². The molecule has 8 heteroatoms. The molecule has 2 fully saturated rings. The molecular formula is C21H29N5O3. The average molecular weight is 399 g/mol. The second kappa shape index (κ2) is 7.93. The smallest absolute Gasteiger partial charge is 0.268 e. The Morgan fingerprint density at radius 3 is 2.72 bits per heavy atom. The van der Waals surface area contributed by atoms with E-state index in [1.807, 2.05) is 12.1 Å². The summed E-state index contributed by atoms with van der Waals surface area (Å²) in [7, 11) is 1.57. The van der Waals surface area contributed by atoms with Gasteiger partial charge >= 0.3 is 0 Å². The molecule has 0 aromatic heterocycles. The highest BCUT2D eigenvalue weighted by atomic mass is 16.5. The molecule has 1 saturated carbocycles. The van der Waals surface area contributed by atoms with E-state index in [0.717, 1.165) is 31.5 Å². The van der Waals surface area contributed by atoms with E-state index in [9.17, 15) is 9.59 Å². The van der Waals surface area contributed by atoms with Crippen LogP contribution in [0.2, 0.25) is 0 Å². The number of nitrogens with one attached hydrogen (secondary N) is 2. The number of piperazine rings is 1. The van der Waals surface area contributed by atoms with Gasteiger partial charge in [-0.05, 0) is 25.0 Å². The summed E-state index contributed by atoms with van der Waals surface area (Å²) in [5.74, 6) is 1.48. The second-order valence-electron chi connectivity index (χ2n) is 8.20. The Morgan fingerprint density at radius 2 is 2.00 bits per heavy atom. The Balaban J connectivity index is 1.53. The van der Waals surface area contributed by atoms with Crippen molar-refractivity contribution in [3.05, 3.63) is 24.3 Å². The largest absolute Gasteiger partial charge is 0.495 e. The number of amidine groups is 1. The summed E-state index contributed by atoms with van der Waals surface area (Å²) < 4.78 is 5.31. The minimum Gasteiger partial charge on any atom is -0.495 e. The molecule has 2 amide bonds. The van der Waals surface area contributed by atoms with Crippen LogP contribution in [-0.2, 0) is 9.59 Å². The molecule has 0 radical (unpaired) electrons. The van der Waals surface area contributed by atoms with Gasteiger partial charge in [0, 0.05) is 5.92 Å². The van der Waals surface area contributed by atoms with E-state index in [1.54, 1.807) is 24.1 Å². The topological polar surface area (TPSA) is 86.3 Å². The molecule has 0 spiro atoms. The van der Waals surface area contributed by atoms with Crippen LogP contribution in [0.15, 0.2) is 29.4 Å². The van der Waals surface area contributed by atoms with Gasteiger partial charge in [0.05, 0.1) is 24.9 Å². The zero-order chi connectivity index (χ0) is 20.5. The van der Waals surface area contributed by atoms with Crippen molar-refractivity contribution in [2.24, 2.45) is 11.0 Å². The van der Waals surface area contributed by atoms with Crippen molar-refractivity contribution in [3.63, 3.8) is 0 Å². The van der Waals surface area contributed by atoms with E-state index in [0.29, 0.717) is 11.4 Å². The first-order valence-electron chi connectivity index (χ1n) is 10.4. The number of nitrogens with zero attached hydrogens (tertiary/aromatic N) is 3. The molecule has 3 aliphatic rings. The van der Waals surface area contributed by atoms with Gasteiger partial charge in [0.15, 0.2) is 6.17 Å². The third-order valence-corrected chi connectivity index (χ3v) is 6.02. The predicted molar refractivity (Wildman–Crippen MR) is 110 cm³/mol. The molecule has 3 atom stereocenters. The molecule has 29 heavy (non-hydrogen) atoms. The SMILES string of the molecule is COc1ccccc1NC(=O)CN1C(=O)C2NN=C(C(C)C)N2C2CCCCC21. The number of benzene rings is 1. The number of anilines is 1. The first-order chi connectivity index (χ1) is 14.0. The van der Waals surface area contributed by atoms with Crippen molar-refractivity contribution in [3.8, 4) is 5.75 Å². The summed E-state index contributed by atoms with van der Waals surface area (Å²) in [6.07, 6.45) is 3.61. The third-order valence-electron chi connectivity index (χ3n) is 6.02. The standard InChI is InChI=1S/C21H29N5O3/c1-13(2)19-23-24-20-21(28)25(15-9-5-6-10-16(15)26(19)20)12-18(27)22-14-8-4-7-11-17(14)29-3/h4,7-8,11,13,15-16,20,24H,5-6,9-10,12H2,1-3H3,(H,22,27). The van der Waals surface area contributed by atoms with Crippen LogP contribution in [-0.4, -0.2) is 59.4 Å². The fraction of sp³-hybridized carbons (Fsp3) is 0.571. The zero-order valence-electron chi connectivity index (χ0n) is 17.2. The molecule has 1 aromatic rings. The zero-order valence-corrected chi connectivity index (χ0v) is 17.2. The molecule has 0 bridgehead atoms. The minimum atomic E-state index is -0.509. The van der Waals surface area contributed by atoms with Crippen LogP contribution in [0.25, 0.3) is 0 Å². The summed E-state index contributed by atoms with van der Waals surface area (Å²) >= 11 is 0. The van der Waals surface area contributed by atoms with Crippen molar-refractivity contribution >= 4 is 23.3 Å². The molecule has 1 aliphatic carbocycles. The number of hydrogen-bond acceptors (Lipinski definition) is 6. The number of carbonyl (C=O) groups is 2. The molecule has 8 nitrogen and oxygen atoms in total. The van der Waals surface area contributed by atoms with E-state index < -0.39 is 6.17 Å². The van der Waals surface area contributed by atoms with Crippen LogP contribution in [0.4, 0.5) is 5.69 Å². The maximum atomic E-state index is 13.3. The van der Waals surface area contributed by atoms with Crippen molar-refractivity contribution in [2.45, 2.75) is 57.8 Å². The predicted octanol–water partition coefficient (Wildman–Crippen LogP) is 1.99. The van der Waals surface area contributed by atoms with Gasteiger partial charge in [-0.25, -0.2) is 0 Å². The molecule has 2 aliphatic heterocycles. The first-order valence-corrected chi connectivity index (χ1v) is 10.4. The molecule has 2 heterocycles. The van der Waals surface area contributed by atoms with Gasteiger partial charge in [-0.1, -0.05) is 38.8 Å². The number of rotatable bonds is 5. The number of hydrazone groups is 1. The minimum absolute atomic E-state index is 0.0276. The van der Waals surface area contributed by atoms with E-state index in [4.69, 9.17) is 4.74 Å². The normalized spacial score (nSPS) is 25.9. The van der Waals surface area contributed by atoms with Gasteiger partial charge in [-0.15, -0.1) is 0 Å². The van der Waals surface area contributed by atoms with Crippen LogP contribution >= 0.6 is 0 Å². The summed E-state index contributed by atoms with van der Waals surface area (Å²) in [5, 5.41) is 7.34. The molecule has 1 aromatic carbocycles. The van der Waals surface area contributed by atoms with Gasteiger partial charge < -0.3 is 19.9 Å². The van der Waals surface area contributed by atoms with Crippen LogP contribution in [0.1, 0.15) is 39.5 Å². The van der Waals surface area contributed by atoms with E-state index in [-0.39, 0.29) is 36.4 Å². The Morgan fingerprint density at radius 1 is 1.28 bits per heavy atom. The number of para-hydroxylation sites is 2. The highest BCUT2D eigenvalue weighted by molar-refractivity contribution is 5.99. The van der Waals surface area contributed by atoms with Gasteiger partial charge in [0.25, 0.3) is 5.91 Å². The van der Waals surface area contributed by atoms with Crippen molar-refractivity contribution in [1.29, 1.82) is 0 Å². The number of amides is 2. The van der Waals surface area contributed by atoms with Crippen LogP contribution < -0.4 is 15.5 Å². The van der Waals surface area contributed by atoms with Crippen molar-refractivity contribution in [1.82, 2.24) is 15.2 Å². The Kier molecular flexibility index (Phi) is 5.34. The monoisotopic (exact) mass is 399 g/mol. The average Bonchev–Trinajstić information content (AvgIpc) is 3.17.